The maximum Gasteiger partial charge on any atom is 0.180 e. The summed E-state index contributed by atoms with van der Waals surface area (Å²) >= 11 is 0. The molecule has 1 aliphatic rings. The molecule has 110 valence electrons. The summed E-state index contributed by atoms with van der Waals surface area (Å²) in [4.78, 5) is 14.8. The number of nitrogens with zero attached hydrogens (tertiary/aromatic N) is 1. The lowest BCUT2D eigenvalue weighted by molar-refractivity contribution is 0.0813. The van der Waals surface area contributed by atoms with Crippen molar-refractivity contribution in [3.8, 4) is 5.75 Å². The number of hydrogen-bond donors (Lipinski definition) is 0. The molecule has 0 N–H and O–H groups in total. The summed E-state index contributed by atoms with van der Waals surface area (Å²) in [5, 5.41) is 0. The first-order valence-electron chi connectivity index (χ1n) is 7.43. The maximum absolute atomic E-state index is 12.5. The van der Waals surface area contributed by atoms with Gasteiger partial charge in [0.2, 0.25) is 0 Å². The van der Waals surface area contributed by atoms with E-state index in [0.717, 1.165) is 18.0 Å². The van der Waals surface area contributed by atoms with Gasteiger partial charge in [-0.2, -0.15) is 0 Å². The van der Waals surface area contributed by atoms with Gasteiger partial charge >= 0.3 is 0 Å². The van der Waals surface area contributed by atoms with Gasteiger partial charge in [-0.05, 0) is 56.8 Å². The summed E-state index contributed by atoms with van der Waals surface area (Å²) in [6.45, 7) is 8.02. The average molecular weight is 275 g/mol. The quantitative estimate of drug-likeness (QED) is 0.790. The zero-order valence-electron chi connectivity index (χ0n) is 13.0. The van der Waals surface area contributed by atoms with Crippen LogP contribution in [0.5, 0.6) is 5.75 Å². The first-order valence-corrected chi connectivity index (χ1v) is 7.43. The minimum Gasteiger partial charge on any atom is -0.496 e. The molecule has 1 saturated heterocycles. The standard InChI is InChI=1S/C17H25NO2/c1-12-5-6-15(17(10-12)20-4)16(19)11-18-8-7-13(2)9-14(18)3/h5-6,10,13-14H,7-9,11H2,1-4H3. The number of Topliss-reactive ketones (excluding diaryl/α,β-unsaturated/α-hetero) is 1. The van der Waals surface area contributed by atoms with Gasteiger partial charge in [0, 0.05) is 6.04 Å². The predicted molar refractivity (Wildman–Crippen MR) is 81.5 cm³/mol. The summed E-state index contributed by atoms with van der Waals surface area (Å²) in [7, 11) is 1.62. The summed E-state index contributed by atoms with van der Waals surface area (Å²) in [6.07, 6.45) is 2.36. The summed E-state index contributed by atoms with van der Waals surface area (Å²) in [5.41, 5.74) is 1.81. The number of methoxy groups -OCH3 is 1. The molecule has 0 spiro atoms. The molecule has 1 aliphatic heterocycles. The Balaban J connectivity index is 2.08. The molecule has 0 amide bonds. The van der Waals surface area contributed by atoms with E-state index < -0.39 is 0 Å². The van der Waals surface area contributed by atoms with Gasteiger partial charge in [-0.1, -0.05) is 13.0 Å². The van der Waals surface area contributed by atoms with Crippen molar-refractivity contribution in [3.63, 3.8) is 0 Å². The van der Waals surface area contributed by atoms with Crippen LogP contribution < -0.4 is 4.74 Å². The highest BCUT2D eigenvalue weighted by Gasteiger charge is 2.25. The van der Waals surface area contributed by atoms with Crippen molar-refractivity contribution in [1.82, 2.24) is 4.90 Å². The molecular weight excluding hydrogens is 250 g/mol. The Morgan fingerprint density at radius 3 is 2.80 bits per heavy atom. The van der Waals surface area contributed by atoms with E-state index >= 15 is 0 Å². The second-order valence-electron chi connectivity index (χ2n) is 6.08. The molecule has 20 heavy (non-hydrogen) atoms. The molecule has 1 aromatic carbocycles. The topological polar surface area (TPSA) is 29.5 Å². The van der Waals surface area contributed by atoms with Gasteiger partial charge in [-0.3, -0.25) is 9.69 Å². The predicted octanol–water partition coefficient (Wildman–Crippen LogP) is 3.31. The van der Waals surface area contributed by atoms with Crippen LogP contribution in [0.4, 0.5) is 0 Å². The van der Waals surface area contributed by atoms with Crippen molar-refractivity contribution in [1.29, 1.82) is 0 Å². The molecule has 0 bridgehead atoms. The van der Waals surface area contributed by atoms with Crippen LogP contribution in [0.25, 0.3) is 0 Å². The Morgan fingerprint density at radius 2 is 2.15 bits per heavy atom. The smallest absolute Gasteiger partial charge is 0.180 e. The molecule has 1 heterocycles. The molecule has 3 nitrogen and oxygen atoms in total. The summed E-state index contributed by atoms with van der Waals surface area (Å²) in [5.74, 6) is 1.61. The number of rotatable bonds is 4. The molecule has 2 rings (SSSR count). The molecule has 0 radical (unpaired) electrons. The van der Waals surface area contributed by atoms with E-state index in [-0.39, 0.29) is 5.78 Å². The number of ether oxygens (including phenoxy) is 1. The van der Waals surface area contributed by atoms with Gasteiger partial charge in [0.1, 0.15) is 5.75 Å². The largest absolute Gasteiger partial charge is 0.496 e. The maximum atomic E-state index is 12.5. The van der Waals surface area contributed by atoms with Crippen molar-refractivity contribution in [2.75, 3.05) is 20.2 Å². The fraction of sp³-hybridized carbons (Fsp3) is 0.588. The molecule has 0 aromatic heterocycles. The second kappa shape index (κ2) is 6.40. The number of piperidine rings is 1. The highest BCUT2D eigenvalue weighted by Crippen LogP contribution is 2.24. The van der Waals surface area contributed by atoms with Crippen molar-refractivity contribution >= 4 is 5.78 Å². The van der Waals surface area contributed by atoms with E-state index in [1.54, 1.807) is 7.11 Å². The van der Waals surface area contributed by atoms with Crippen LogP contribution in [-0.2, 0) is 0 Å². The Morgan fingerprint density at radius 1 is 1.40 bits per heavy atom. The molecule has 2 unspecified atom stereocenters. The number of carbonyl (C=O) groups is 1. The number of ketones is 1. The van der Waals surface area contributed by atoms with E-state index in [2.05, 4.69) is 18.7 Å². The second-order valence-corrected chi connectivity index (χ2v) is 6.08. The van der Waals surface area contributed by atoms with Gasteiger partial charge < -0.3 is 4.74 Å². The number of carbonyl (C=O) groups excluding carboxylic acids is 1. The highest BCUT2D eigenvalue weighted by molar-refractivity contribution is 6.00. The minimum atomic E-state index is 0.156. The lowest BCUT2D eigenvalue weighted by Gasteiger charge is -2.36. The van der Waals surface area contributed by atoms with Crippen molar-refractivity contribution in [2.45, 2.75) is 39.7 Å². The molecule has 1 aromatic rings. The lowest BCUT2D eigenvalue weighted by atomic mass is 9.93. The Kier molecular flexibility index (Phi) is 4.81. The zero-order valence-corrected chi connectivity index (χ0v) is 13.0. The fourth-order valence-corrected chi connectivity index (χ4v) is 2.99. The van der Waals surface area contributed by atoms with Gasteiger partial charge in [0.05, 0.1) is 19.2 Å². The van der Waals surface area contributed by atoms with E-state index in [9.17, 15) is 4.79 Å². The third-order valence-electron chi connectivity index (χ3n) is 4.28. The minimum absolute atomic E-state index is 0.156. The van der Waals surface area contributed by atoms with Crippen LogP contribution in [0.15, 0.2) is 18.2 Å². The fourth-order valence-electron chi connectivity index (χ4n) is 2.99. The third-order valence-corrected chi connectivity index (χ3v) is 4.28. The molecule has 0 saturated carbocycles. The van der Waals surface area contributed by atoms with Crippen LogP contribution in [0, 0.1) is 12.8 Å². The molecular formula is C17H25NO2. The Labute approximate surface area is 121 Å². The van der Waals surface area contributed by atoms with E-state index in [4.69, 9.17) is 4.74 Å². The zero-order chi connectivity index (χ0) is 14.7. The lowest BCUT2D eigenvalue weighted by Crippen LogP contribution is -2.43. The van der Waals surface area contributed by atoms with Gasteiger partial charge in [0.15, 0.2) is 5.78 Å². The first kappa shape index (κ1) is 15.0. The first-order chi connectivity index (χ1) is 9.51. The van der Waals surface area contributed by atoms with Gasteiger partial charge in [-0.25, -0.2) is 0 Å². The summed E-state index contributed by atoms with van der Waals surface area (Å²) in [6, 6.07) is 6.26. The van der Waals surface area contributed by atoms with Crippen LogP contribution in [-0.4, -0.2) is 36.9 Å². The van der Waals surface area contributed by atoms with Gasteiger partial charge in [-0.15, -0.1) is 0 Å². The molecule has 1 fully saturated rings. The normalized spacial score (nSPS) is 23.6. The third kappa shape index (κ3) is 3.40. The monoisotopic (exact) mass is 275 g/mol. The van der Waals surface area contributed by atoms with Crippen LogP contribution in [0.2, 0.25) is 0 Å². The van der Waals surface area contributed by atoms with E-state index in [1.165, 1.54) is 12.8 Å². The number of hydrogen-bond acceptors (Lipinski definition) is 3. The van der Waals surface area contributed by atoms with Crippen molar-refractivity contribution < 1.29 is 9.53 Å². The Hall–Kier alpha value is -1.35. The van der Waals surface area contributed by atoms with Crippen LogP contribution in [0.1, 0.15) is 42.6 Å². The number of likely N-dealkylation sites (tertiary alicyclic amines) is 1. The number of aryl methyl sites for hydroxylation is 1. The molecule has 3 heteroatoms. The average Bonchev–Trinajstić information content (AvgIpc) is 2.41. The Bertz CT molecular complexity index is 484. The molecule has 0 aliphatic carbocycles. The van der Waals surface area contributed by atoms with Crippen molar-refractivity contribution in [3.05, 3.63) is 29.3 Å². The van der Waals surface area contributed by atoms with E-state index in [1.807, 2.05) is 25.1 Å². The SMILES string of the molecule is COc1cc(C)ccc1C(=O)CN1CCC(C)CC1C. The number of benzene rings is 1. The summed E-state index contributed by atoms with van der Waals surface area (Å²) < 4.78 is 5.34. The van der Waals surface area contributed by atoms with Crippen LogP contribution >= 0.6 is 0 Å². The van der Waals surface area contributed by atoms with Crippen molar-refractivity contribution in [2.24, 2.45) is 5.92 Å². The van der Waals surface area contributed by atoms with E-state index in [0.29, 0.717) is 23.9 Å². The molecule has 2 atom stereocenters. The highest BCUT2D eigenvalue weighted by atomic mass is 16.5. The van der Waals surface area contributed by atoms with Gasteiger partial charge in [0.25, 0.3) is 0 Å². The van der Waals surface area contributed by atoms with Crippen LogP contribution in [0.3, 0.4) is 0 Å².